The van der Waals surface area contributed by atoms with Gasteiger partial charge in [-0.15, -0.1) is 0 Å². The Labute approximate surface area is 124 Å². The number of hydrogen-bond donors (Lipinski definition) is 1. The molecular weight excluding hydrogens is 326 g/mol. The first-order valence-electron chi connectivity index (χ1n) is 5.72. The summed E-state index contributed by atoms with van der Waals surface area (Å²) in [5.41, 5.74) is -3.80. The molecule has 0 aromatic carbocycles. The molecule has 116 valence electrons. The summed E-state index contributed by atoms with van der Waals surface area (Å²) in [6, 6.07) is 2.83. The smallest absolute Gasteiger partial charge is 0.360 e. The van der Waals surface area contributed by atoms with Gasteiger partial charge in [-0.1, -0.05) is 16.9 Å². The lowest BCUT2D eigenvalue weighted by Crippen LogP contribution is -2.22. The third-order valence-corrected chi connectivity index (χ3v) is 3.58. The number of aryl methyl sites for hydroxylation is 1. The Balaban J connectivity index is 2.46. The molecule has 0 aliphatic carbocycles. The highest BCUT2D eigenvalue weighted by molar-refractivity contribution is 7.98. The fourth-order valence-electron chi connectivity index (χ4n) is 1.67. The van der Waals surface area contributed by atoms with Crippen LogP contribution in [0, 0.1) is 24.1 Å². The molecule has 0 unspecified atom stereocenters. The quantitative estimate of drug-likeness (QED) is 0.690. The maximum Gasteiger partial charge on any atom is 0.420 e. The van der Waals surface area contributed by atoms with E-state index in [1.165, 1.54) is 6.07 Å². The summed E-state index contributed by atoms with van der Waals surface area (Å²) in [5.74, 6) is -1.66. The molecule has 0 saturated heterocycles. The van der Waals surface area contributed by atoms with Gasteiger partial charge in [-0.3, -0.25) is 4.79 Å². The van der Waals surface area contributed by atoms with Gasteiger partial charge in [0.15, 0.2) is 0 Å². The van der Waals surface area contributed by atoms with Crippen LogP contribution in [0.2, 0.25) is 0 Å². The van der Waals surface area contributed by atoms with Gasteiger partial charge in [0.2, 0.25) is 5.82 Å². The van der Waals surface area contributed by atoms with Crippen LogP contribution in [0.5, 0.6) is 0 Å². The van der Waals surface area contributed by atoms with Crippen molar-refractivity contribution in [3.63, 3.8) is 0 Å². The minimum Gasteiger partial charge on any atom is -0.360 e. The summed E-state index contributed by atoms with van der Waals surface area (Å²) in [6.45, 7) is 1.65. The van der Waals surface area contributed by atoms with E-state index >= 15 is 0 Å². The summed E-state index contributed by atoms with van der Waals surface area (Å²) in [6.07, 6.45) is -5.15. The van der Waals surface area contributed by atoms with Gasteiger partial charge < -0.3 is 9.51 Å². The summed E-state index contributed by atoms with van der Waals surface area (Å²) in [5, 5.41) is 12.1. The van der Waals surface area contributed by atoms with Crippen LogP contribution < -0.4 is 5.56 Å². The number of H-pyrrole nitrogens is 1. The van der Waals surface area contributed by atoms with Gasteiger partial charge in [0.25, 0.3) is 5.56 Å². The van der Waals surface area contributed by atoms with E-state index in [0.29, 0.717) is 23.2 Å². The normalized spacial score (nSPS) is 11.5. The van der Waals surface area contributed by atoms with Crippen molar-refractivity contribution in [2.24, 2.45) is 0 Å². The van der Waals surface area contributed by atoms with E-state index in [4.69, 9.17) is 9.78 Å². The number of hydrogen-bond acceptors (Lipinski definition) is 5. The zero-order valence-corrected chi connectivity index (χ0v) is 11.7. The maximum absolute atomic E-state index is 13.4. The SMILES string of the molecule is Cc1cc(CSc2[nH]c(=O)c(F)c(C(F)(F)F)c2C#N)on1. The predicted octanol–water partition coefficient (Wildman–Crippen LogP) is 2.99. The number of aromatic amines is 1. The number of pyridine rings is 1. The summed E-state index contributed by atoms with van der Waals surface area (Å²) in [4.78, 5) is 13.2. The molecule has 0 spiro atoms. The third-order valence-electron chi connectivity index (χ3n) is 2.55. The van der Waals surface area contributed by atoms with E-state index in [-0.39, 0.29) is 10.8 Å². The van der Waals surface area contributed by atoms with Gasteiger partial charge in [0.1, 0.15) is 17.4 Å². The molecular formula is C12H7F4N3O2S. The molecule has 0 radical (unpaired) electrons. The Morgan fingerprint density at radius 3 is 2.68 bits per heavy atom. The van der Waals surface area contributed by atoms with Crippen LogP contribution in [0.25, 0.3) is 0 Å². The van der Waals surface area contributed by atoms with Crippen molar-refractivity contribution < 1.29 is 22.1 Å². The minimum absolute atomic E-state index is 0.0222. The first kappa shape index (κ1) is 16.1. The van der Waals surface area contributed by atoms with E-state index in [9.17, 15) is 22.4 Å². The van der Waals surface area contributed by atoms with E-state index in [1.807, 2.05) is 4.98 Å². The Morgan fingerprint density at radius 1 is 1.50 bits per heavy atom. The van der Waals surface area contributed by atoms with Crippen molar-refractivity contribution in [1.82, 2.24) is 10.1 Å². The molecule has 0 fully saturated rings. The van der Waals surface area contributed by atoms with E-state index in [2.05, 4.69) is 5.16 Å². The molecule has 1 N–H and O–H groups in total. The number of rotatable bonds is 3. The predicted molar refractivity (Wildman–Crippen MR) is 67.5 cm³/mol. The Bertz CT molecular complexity index is 804. The van der Waals surface area contributed by atoms with E-state index in [0.717, 1.165) is 0 Å². The molecule has 0 aliphatic rings. The fourth-order valence-corrected chi connectivity index (χ4v) is 2.55. The van der Waals surface area contributed by atoms with Crippen molar-refractivity contribution in [1.29, 1.82) is 5.26 Å². The number of thioether (sulfide) groups is 1. The van der Waals surface area contributed by atoms with Gasteiger partial charge in [-0.2, -0.15) is 18.4 Å². The first-order valence-corrected chi connectivity index (χ1v) is 6.70. The van der Waals surface area contributed by atoms with Crippen LogP contribution in [-0.4, -0.2) is 10.1 Å². The first-order chi connectivity index (χ1) is 10.2. The zero-order chi connectivity index (χ0) is 16.5. The van der Waals surface area contributed by atoms with Crippen LogP contribution in [0.15, 0.2) is 20.4 Å². The molecule has 0 bridgehead atoms. The van der Waals surface area contributed by atoms with Crippen LogP contribution in [0.3, 0.4) is 0 Å². The van der Waals surface area contributed by atoms with Crippen LogP contribution in [-0.2, 0) is 11.9 Å². The van der Waals surface area contributed by atoms with Gasteiger partial charge in [-0.25, -0.2) is 4.39 Å². The van der Waals surface area contributed by atoms with Crippen molar-refractivity contribution in [2.75, 3.05) is 0 Å². The fraction of sp³-hybridized carbons (Fsp3) is 0.250. The number of nitriles is 1. The number of halogens is 4. The highest BCUT2D eigenvalue weighted by atomic mass is 32.2. The standard InChI is InChI=1S/C12H7F4N3O2S/c1-5-2-6(21-19-5)4-22-11-7(3-17)8(12(14,15)16)9(13)10(20)18-11/h2H,4H2,1H3,(H,18,20). The average molecular weight is 333 g/mol. The highest BCUT2D eigenvalue weighted by Gasteiger charge is 2.40. The Kier molecular flexibility index (Phi) is 4.27. The summed E-state index contributed by atoms with van der Waals surface area (Å²) in [7, 11) is 0. The molecule has 2 aromatic heterocycles. The number of aromatic nitrogens is 2. The lowest BCUT2D eigenvalue weighted by Gasteiger charge is -2.12. The summed E-state index contributed by atoms with van der Waals surface area (Å²) >= 11 is 0.713. The monoisotopic (exact) mass is 333 g/mol. The molecule has 2 heterocycles. The number of nitrogens with zero attached hydrogens (tertiary/aromatic N) is 2. The zero-order valence-electron chi connectivity index (χ0n) is 10.9. The van der Waals surface area contributed by atoms with E-state index in [1.54, 1.807) is 13.0 Å². The van der Waals surface area contributed by atoms with Gasteiger partial charge >= 0.3 is 6.18 Å². The second-order valence-electron chi connectivity index (χ2n) is 4.18. The van der Waals surface area contributed by atoms with Crippen molar-refractivity contribution in [3.8, 4) is 6.07 Å². The molecule has 0 saturated carbocycles. The average Bonchev–Trinajstić information content (AvgIpc) is 2.83. The Morgan fingerprint density at radius 2 is 2.18 bits per heavy atom. The maximum atomic E-state index is 13.4. The van der Waals surface area contributed by atoms with E-state index < -0.39 is 28.7 Å². The van der Waals surface area contributed by atoms with Crippen molar-refractivity contribution >= 4 is 11.8 Å². The molecule has 0 aliphatic heterocycles. The Hall–Kier alpha value is -2.28. The second kappa shape index (κ2) is 5.84. The number of alkyl halides is 3. The highest BCUT2D eigenvalue weighted by Crippen LogP contribution is 2.36. The number of nitrogens with one attached hydrogen (secondary N) is 1. The lowest BCUT2D eigenvalue weighted by atomic mass is 10.1. The molecule has 2 aromatic rings. The molecule has 5 nitrogen and oxygen atoms in total. The summed E-state index contributed by atoms with van der Waals surface area (Å²) < 4.78 is 56.8. The lowest BCUT2D eigenvalue weighted by molar-refractivity contribution is -0.140. The molecule has 22 heavy (non-hydrogen) atoms. The van der Waals surface area contributed by atoms with Crippen molar-refractivity contribution in [2.45, 2.75) is 23.9 Å². The van der Waals surface area contributed by atoms with Gasteiger partial charge in [-0.05, 0) is 6.92 Å². The molecule has 0 atom stereocenters. The van der Waals surface area contributed by atoms with Crippen LogP contribution >= 0.6 is 11.8 Å². The second-order valence-corrected chi connectivity index (χ2v) is 5.17. The topological polar surface area (TPSA) is 82.7 Å². The minimum atomic E-state index is -5.15. The van der Waals surface area contributed by atoms with Gasteiger partial charge in [0.05, 0.1) is 22.0 Å². The largest absolute Gasteiger partial charge is 0.420 e. The molecule has 0 amide bonds. The van der Waals surface area contributed by atoms with Gasteiger partial charge in [0, 0.05) is 6.07 Å². The van der Waals surface area contributed by atoms with Crippen molar-refractivity contribution in [3.05, 3.63) is 44.8 Å². The molecule has 10 heteroatoms. The van der Waals surface area contributed by atoms with Crippen LogP contribution in [0.1, 0.15) is 22.6 Å². The van der Waals surface area contributed by atoms with Crippen LogP contribution in [0.4, 0.5) is 17.6 Å². The third kappa shape index (κ3) is 3.14. The molecule has 2 rings (SSSR count).